The second kappa shape index (κ2) is 1.43. The first-order chi connectivity index (χ1) is 3.43. The monoisotopic (exact) mass is 93.0 g/mol. The van der Waals surface area contributed by atoms with E-state index in [-0.39, 0.29) is 5.76 Å². The van der Waals surface area contributed by atoms with Crippen molar-refractivity contribution in [1.82, 2.24) is 5.16 Å². The maximum atomic E-state index is 8.02. The average Bonchev–Trinajstić information content (AvgIpc) is 2.14. The zero-order valence-corrected chi connectivity index (χ0v) is 3.38. The molecule has 0 aromatic carbocycles. The van der Waals surface area contributed by atoms with Crippen LogP contribution in [0.3, 0.4) is 0 Å². The van der Waals surface area contributed by atoms with Gasteiger partial charge in [-0.15, -0.1) is 0 Å². The molecule has 1 radical (unpaired) electrons. The topological polar surface area (TPSA) is 49.8 Å². The molecular formula is C4HN2O. The zero-order chi connectivity index (χ0) is 5.11. The molecule has 0 atom stereocenters. The van der Waals surface area contributed by atoms with Crippen molar-refractivity contribution in [1.29, 1.82) is 5.26 Å². The Balaban J connectivity index is 3.04. The van der Waals surface area contributed by atoms with E-state index < -0.39 is 0 Å². The summed E-state index contributed by atoms with van der Waals surface area (Å²) in [5.74, 6) is 0.194. The zero-order valence-electron chi connectivity index (χ0n) is 3.38. The third kappa shape index (κ3) is 0.578. The van der Waals surface area contributed by atoms with Crippen molar-refractivity contribution in [3.63, 3.8) is 0 Å². The molecule has 0 aliphatic heterocycles. The van der Waals surface area contributed by atoms with Crippen LogP contribution in [0, 0.1) is 17.5 Å². The molecule has 1 heterocycles. The lowest BCUT2D eigenvalue weighted by atomic mass is 10.5. The van der Waals surface area contributed by atoms with E-state index in [0.717, 1.165) is 0 Å². The third-order valence-corrected chi connectivity index (χ3v) is 0.503. The fourth-order valence-electron chi connectivity index (χ4n) is 0.240. The van der Waals surface area contributed by atoms with Gasteiger partial charge in [-0.3, -0.25) is 0 Å². The van der Waals surface area contributed by atoms with Crippen molar-refractivity contribution < 1.29 is 4.52 Å². The molecule has 0 bridgehead atoms. The van der Waals surface area contributed by atoms with E-state index in [0.29, 0.717) is 0 Å². The Morgan fingerprint density at radius 3 is 3.14 bits per heavy atom. The Morgan fingerprint density at radius 2 is 2.86 bits per heavy atom. The van der Waals surface area contributed by atoms with Gasteiger partial charge >= 0.3 is 0 Å². The molecule has 1 rings (SSSR count). The van der Waals surface area contributed by atoms with Crippen molar-refractivity contribution in [2.45, 2.75) is 0 Å². The van der Waals surface area contributed by atoms with E-state index >= 15 is 0 Å². The number of rotatable bonds is 0. The number of nitrogens with zero attached hydrogens (tertiary/aromatic N) is 2. The van der Waals surface area contributed by atoms with Gasteiger partial charge in [0, 0.05) is 6.07 Å². The Kier molecular flexibility index (Phi) is 0.794. The highest BCUT2D eigenvalue weighted by Gasteiger charge is 1.87. The van der Waals surface area contributed by atoms with Crippen LogP contribution in [0.4, 0.5) is 0 Å². The van der Waals surface area contributed by atoms with Crippen molar-refractivity contribution in [2.75, 3.05) is 0 Å². The summed E-state index contributed by atoms with van der Waals surface area (Å²) in [4.78, 5) is 0. The van der Waals surface area contributed by atoms with Crippen LogP contribution in [-0.2, 0) is 0 Å². The fourth-order valence-corrected chi connectivity index (χ4v) is 0.240. The van der Waals surface area contributed by atoms with Gasteiger partial charge in [-0.25, -0.2) is 0 Å². The lowest BCUT2D eigenvalue weighted by Crippen LogP contribution is -1.56. The maximum absolute atomic E-state index is 8.02. The van der Waals surface area contributed by atoms with Gasteiger partial charge < -0.3 is 4.52 Å². The van der Waals surface area contributed by atoms with E-state index in [1.807, 2.05) is 0 Å². The summed E-state index contributed by atoms with van der Waals surface area (Å²) in [6.07, 6.45) is 2.34. The highest BCUT2D eigenvalue weighted by Crippen LogP contribution is 1.88. The molecule has 0 amide bonds. The molecule has 33 valence electrons. The molecule has 0 unspecified atom stereocenters. The van der Waals surface area contributed by atoms with E-state index in [1.165, 1.54) is 6.07 Å². The molecule has 1 aromatic rings. The fraction of sp³-hybridized carbons (Fsp3) is 0. The van der Waals surface area contributed by atoms with Crippen molar-refractivity contribution >= 4 is 0 Å². The van der Waals surface area contributed by atoms with Gasteiger partial charge in [0.15, 0.2) is 0 Å². The van der Waals surface area contributed by atoms with Gasteiger partial charge in [0.1, 0.15) is 12.3 Å². The highest BCUT2D eigenvalue weighted by atomic mass is 16.5. The van der Waals surface area contributed by atoms with Gasteiger partial charge in [0.2, 0.25) is 5.76 Å². The van der Waals surface area contributed by atoms with Crippen LogP contribution in [0.5, 0.6) is 0 Å². The van der Waals surface area contributed by atoms with Gasteiger partial charge in [0.25, 0.3) is 0 Å². The third-order valence-electron chi connectivity index (χ3n) is 0.503. The maximum Gasteiger partial charge on any atom is 0.236 e. The lowest BCUT2D eigenvalue weighted by molar-refractivity contribution is 0.408. The van der Waals surface area contributed by atoms with Gasteiger partial charge in [-0.2, -0.15) is 5.26 Å². The minimum absolute atomic E-state index is 0.194. The van der Waals surface area contributed by atoms with Crippen molar-refractivity contribution in [3.8, 4) is 6.07 Å². The van der Waals surface area contributed by atoms with Gasteiger partial charge in [-0.05, 0) is 0 Å². The van der Waals surface area contributed by atoms with E-state index in [1.54, 1.807) is 6.07 Å². The van der Waals surface area contributed by atoms with Crippen molar-refractivity contribution in [3.05, 3.63) is 18.0 Å². The molecule has 1 aromatic heterocycles. The predicted octanol–water partition coefficient (Wildman–Crippen LogP) is 0.346. The quantitative estimate of drug-likeness (QED) is 0.465. The SMILES string of the molecule is N#Cc1c[c]no1. The molecule has 0 aliphatic carbocycles. The molecule has 3 nitrogen and oxygen atoms in total. The van der Waals surface area contributed by atoms with Crippen LogP contribution in [-0.4, -0.2) is 5.16 Å². The van der Waals surface area contributed by atoms with Crippen LogP contribution < -0.4 is 0 Å². The van der Waals surface area contributed by atoms with Gasteiger partial charge in [0.05, 0.1) is 0 Å². The van der Waals surface area contributed by atoms with Crippen LogP contribution >= 0.6 is 0 Å². The van der Waals surface area contributed by atoms with Crippen LogP contribution in [0.1, 0.15) is 5.76 Å². The van der Waals surface area contributed by atoms with E-state index in [4.69, 9.17) is 5.26 Å². The first-order valence-corrected chi connectivity index (χ1v) is 1.66. The minimum Gasteiger partial charge on any atom is -0.345 e. The summed E-state index contributed by atoms with van der Waals surface area (Å²) in [5, 5.41) is 11.2. The molecule has 3 heteroatoms. The Labute approximate surface area is 40.2 Å². The normalized spacial score (nSPS) is 7.86. The van der Waals surface area contributed by atoms with Crippen LogP contribution in [0.25, 0.3) is 0 Å². The number of nitriles is 1. The molecule has 0 saturated heterocycles. The first-order valence-electron chi connectivity index (χ1n) is 1.66. The van der Waals surface area contributed by atoms with Crippen LogP contribution in [0.2, 0.25) is 0 Å². The smallest absolute Gasteiger partial charge is 0.236 e. The molecule has 7 heavy (non-hydrogen) atoms. The number of hydrogen-bond donors (Lipinski definition) is 0. The summed E-state index contributed by atoms with van der Waals surface area (Å²) in [5.41, 5.74) is 0. The van der Waals surface area contributed by atoms with E-state index in [2.05, 4.69) is 15.9 Å². The first kappa shape index (κ1) is 3.88. The summed E-state index contributed by atoms with van der Waals surface area (Å²) in [7, 11) is 0. The van der Waals surface area contributed by atoms with Crippen molar-refractivity contribution in [2.24, 2.45) is 0 Å². The summed E-state index contributed by atoms with van der Waals surface area (Å²) in [6.45, 7) is 0. The van der Waals surface area contributed by atoms with Crippen LogP contribution in [0.15, 0.2) is 10.6 Å². The largest absolute Gasteiger partial charge is 0.345 e. The Morgan fingerprint density at radius 1 is 2.00 bits per heavy atom. The second-order valence-corrected chi connectivity index (χ2v) is 0.932. The minimum atomic E-state index is 0.194. The Hall–Kier alpha value is -1.30. The predicted molar refractivity (Wildman–Crippen MR) is 20.1 cm³/mol. The molecule has 0 saturated carbocycles. The standard InChI is InChI=1S/C4HN2O/c5-3-4-1-2-6-7-4/h1H. The summed E-state index contributed by atoms with van der Waals surface area (Å²) < 4.78 is 4.32. The average molecular weight is 93.1 g/mol. The molecular weight excluding hydrogens is 92.1 g/mol. The van der Waals surface area contributed by atoms with Gasteiger partial charge in [-0.1, -0.05) is 5.16 Å². The molecule has 0 aliphatic rings. The number of hydrogen-bond acceptors (Lipinski definition) is 3. The Bertz CT molecular complexity index is 172. The van der Waals surface area contributed by atoms with E-state index in [9.17, 15) is 0 Å². The summed E-state index contributed by atoms with van der Waals surface area (Å²) in [6, 6.07) is 3.12. The summed E-state index contributed by atoms with van der Waals surface area (Å²) >= 11 is 0. The molecule has 0 N–H and O–H groups in total. The second-order valence-electron chi connectivity index (χ2n) is 0.932. The molecule has 0 spiro atoms. The lowest BCUT2D eigenvalue weighted by Gasteiger charge is -1.62. The highest BCUT2D eigenvalue weighted by molar-refractivity contribution is 5.11. The number of aromatic nitrogens is 1. The molecule has 0 fully saturated rings.